The maximum Gasteiger partial charge on any atom is 0.246 e. The van der Waals surface area contributed by atoms with Gasteiger partial charge in [0.25, 0.3) is 0 Å². The standard InChI is InChI=1S/C17H25ClN2O3S/c1-17(11-19)7-8-20(12-17)24(21,22)16-10-14(18)4-5-15(16)23-9-6-13-2-3-13/h4-5,10,13H,2-3,6-9,11-12,19H2,1H3. The van der Waals surface area contributed by atoms with Crippen LogP contribution < -0.4 is 10.5 Å². The summed E-state index contributed by atoms with van der Waals surface area (Å²) >= 11 is 6.05. The Morgan fingerprint density at radius 3 is 2.79 bits per heavy atom. The molecule has 2 fully saturated rings. The van der Waals surface area contributed by atoms with Gasteiger partial charge in [-0.3, -0.25) is 0 Å². The van der Waals surface area contributed by atoms with Crippen LogP contribution in [0.2, 0.25) is 5.02 Å². The van der Waals surface area contributed by atoms with E-state index in [0.29, 0.717) is 37.0 Å². The van der Waals surface area contributed by atoms with Gasteiger partial charge in [-0.1, -0.05) is 31.4 Å². The summed E-state index contributed by atoms with van der Waals surface area (Å²) in [6.45, 7) is 3.94. The molecule has 0 aromatic heterocycles. The molecule has 0 amide bonds. The number of nitrogens with two attached hydrogens (primary N) is 1. The SMILES string of the molecule is CC1(CN)CCN(S(=O)(=O)c2cc(Cl)ccc2OCCC2CC2)C1. The van der Waals surface area contributed by atoms with E-state index >= 15 is 0 Å². The average molecular weight is 373 g/mol. The van der Waals surface area contributed by atoms with Crippen LogP contribution in [-0.2, 0) is 10.0 Å². The molecular weight excluding hydrogens is 348 g/mol. The zero-order chi connectivity index (χ0) is 17.4. The van der Waals surface area contributed by atoms with Crippen molar-refractivity contribution in [1.82, 2.24) is 4.31 Å². The topological polar surface area (TPSA) is 72.6 Å². The van der Waals surface area contributed by atoms with Crippen LogP contribution in [0.1, 0.15) is 32.6 Å². The molecule has 1 aliphatic heterocycles. The lowest BCUT2D eigenvalue weighted by atomic mass is 9.90. The van der Waals surface area contributed by atoms with E-state index in [-0.39, 0.29) is 10.3 Å². The first-order valence-electron chi connectivity index (χ1n) is 8.47. The highest BCUT2D eigenvalue weighted by Crippen LogP contribution is 2.37. The minimum Gasteiger partial charge on any atom is -0.492 e. The summed E-state index contributed by atoms with van der Waals surface area (Å²) in [5.41, 5.74) is 5.63. The molecule has 24 heavy (non-hydrogen) atoms. The molecule has 7 heteroatoms. The molecule has 2 N–H and O–H groups in total. The molecule has 1 aliphatic carbocycles. The number of ether oxygens (including phenoxy) is 1. The maximum atomic E-state index is 13.1. The minimum atomic E-state index is -3.64. The Morgan fingerprint density at radius 1 is 1.42 bits per heavy atom. The molecule has 1 aromatic rings. The number of halogens is 1. The van der Waals surface area contributed by atoms with Gasteiger partial charge in [0.15, 0.2) is 0 Å². The van der Waals surface area contributed by atoms with Gasteiger partial charge >= 0.3 is 0 Å². The average Bonchev–Trinajstić information content (AvgIpc) is 3.28. The first kappa shape index (κ1) is 18.0. The van der Waals surface area contributed by atoms with Crippen molar-refractivity contribution in [1.29, 1.82) is 0 Å². The second-order valence-electron chi connectivity index (χ2n) is 7.27. The van der Waals surface area contributed by atoms with Gasteiger partial charge in [-0.05, 0) is 48.9 Å². The monoisotopic (exact) mass is 372 g/mol. The summed E-state index contributed by atoms with van der Waals surface area (Å²) in [5.74, 6) is 1.13. The quantitative estimate of drug-likeness (QED) is 0.798. The molecule has 0 spiro atoms. The fourth-order valence-electron chi connectivity index (χ4n) is 3.03. The molecule has 0 radical (unpaired) electrons. The van der Waals surface area contributed by atoms with Crippen molar-refractivity contribution in [3.05, 3.63) is 23.2 Å². The van der Waals surface area contributed by atoms with Crippen LogP contribution in [0.5, 0.6) is 5.75 Å². The molecule has 1 unspecified atom stereocenters. The Kier molecular flexibility index (Phi) is 5.12. The van der Waals surface area contributed by atoms with Gasteiger partial charge in [0.2, 0.25) is 10.0 Å². The first-order chi connectivity index (χ1) is 11.3. The highest BCUT2D eigenvalue weighted by Gasteiger charge is 2.40. The second kappa shape index (κ2) is 6.83. The zero-order valence-corrected chi connectivity index (χ0v) is 15.6. The Bertz CT molecular complexity index is 706. The minimum absolute atomic E-state index is 0.159. The lowest BCUT2D eigenvalue weighted by Crippen LogP contribution is -2.34. The molecule has 1 aromatic carbocycles. The van der Waals surface area contributed by atoms with Crippen molar-refractivity contribution in [3.63, 3.8) is 0 Å². The van der Waals surface area contributed by atoms with Crippen molar-refractivity contribution in [2.45, 2.75) is 37.5 Å². The van der Waals surface area contributed by atoms with E-state index in [4.69, 9.17) is 22.1 Å². The molecule has 1 saturated carbocycles. The molecule has 2 aliphatic rings. The van der Waals surface area contributed by atoms with E-state index in [9.17, 15) is 8.42 Å². The third-order valence-corrected chi connectivity index (χ3v) is 7.12. The molecule has 134 valence electrons. The summed E-state index contributed by atoms with van der Waals surface area (Å²) in [7, 11) is -3.64. The number of benzene rings is 1. The number of rotatable bonds is 7. The summed E-state index contributed by atoms with van der Waals surface area (Å²) < 4.78 is 33.4. The van der Waals surface area contributed by atoms with Crippen molar-refractivity contribution in [3.8, 4) is 5.75 Å². The van der Waals surface area contributed by atoms with Crippen LogP contribution in [0, 0.1) is 11.3 Å². The van der Waals surface area contributed by atoms with Crippen LogP contribution in [0.25, 0.3) is 0 Å². The Balaban J connectivity index is 1.81. The fraction of sp³-hybridized carbons (Fsp3) is 0.647. The van der Waals surface area contributed by atoms with E-state index in [2.05, 4.69) is 0 Å². The van der Waals surface area contributed by atoms with Gasteiger partial charge in [-0.25, -0.2) is 8.42 Å². The van der Waals surface area contributed by atoms with Gasteiger partial charge in [0.1, 0.15) is 10.6 Å². The van der Waals surface area contributed by atoms with Crippen LogP contribution in [0.3, 0.4) is 0 Å². The molecule has 5 nitrogen and oxygen atoms in total. The summed E-state index contributed by atoms with van der Waals surface area (Å²) in [4.78, 5) is 0.159. The van der Waals surface area contributed by atoms with Crippen LogP contribution in [-0.4, -0.2) is 39.0 Å². The van der Waals surface area contributed by atoms with Gasteiger partial charge in [0, 0.05) is 18.1 Å². The van der Waals surface area contributed by atoms with Crippen molar-refractivity contribution >= 4 is 21.6 Å². The molecule has 1 heterocycles. The predicted octanol–water partition coefficient (Wildman–Crippen LogP) is 2.88. The lowest BCUT2D eigenvalue weighted by molar-refractivity contribution is 0.293. The summed E-state index contributed by atoms with van der Waals surface area (Å²) in [5, 5.41) is 0.393. The number of nitrogens with zero attached hydrogens (tertiary/aromatic N) is 1. The van der Waals surface area contributed by atoms with E-state index in [1.807, 2.05) is 6.92 Å². The largest absolute Gasteiger partial charge is 0.492 e. The van der Waals surface area contributed by atoms with Crippen LogP contribution in [0.15, 0.2) is 23.1 Å². The highest BCUT2D eigenvalue weighted by atomic mass is 35.5. The van der Waals surface area contributed by atoms with Gasteiger partial charge in [0.05, 0.1) is 6.61 Å². The number of hydrogen-bond donors (Lipinski definition) is 1. The highest BCUT2D eigenvalue weighted by molar-refractivity contribution is 7.89. The lowest BCUT2D eigenvalue weighted by Gasteiger charge is -2.23. The zero-order valence-electron chi connectivity index (χ0n) is 14.0. The summed E-state index contributed by atoms with van der Waals surface area (Å²) in [6, 6.07) is 4.81. The van der Waals surface area contributed by atoms with Gasteiger partial charge in [-0.2, -0.15) is 4.31 Å². The van der Waals surface area contributed by atoms with E-state index in [1.165, 1.54) is 23.2 Å². The molecule has 3 rings (SSSR count). The first-order valence-corrected chi connectivity index (χ1v) is 10.3. The number of sulfonamides is 1. The smallest absolute Gasteiger partial charge is 0.246 e. The van der Waals surface area contributed by atoms with E-state index < -0.39 is 10.0 Å². The van der Waals surface area contributed by atoms with Gasteiger partial charge < -0.3 is 10.5 Å². The number of hydrogen-bond acceptors (Lipinski definition) is 4. The van der Waals surface area contributed by atoms with Gasteiger partial charge in [-0.15, -0.1) is 0 Å². The van der Waals surface area contributed by atoms with Crippen molar-refractivity contribution in [2.24, 2.45) is 17.1 Å². The van der Waals surface area contributed by atoms with E-state index in [0.717, 1.165) is 18.8 Å². The maximum absolute atomic E-state index is 13.1. The third-order valence-electron chi connectivity index (χ3n) is 5.02. The normalized spacial score (nSPS) is 25.1. The van der Waals surface area contributed by atoms with Crippen molar-refractivity contribution < 1.29 is 13.2 Å². The van der Waals surface area contributed by atoms with Crippen molar-refractivity contribution in [2.75, 3.05) is 26.2 Å². The molecular formula is C17H25ClN2O3S. The predicted molar refractivity (Wildman–Crippen MR) is 94.8 cm³/mol. The molecule has 0 bridgehead atoms. The Labute approximate surface area is 149 Å². The van der Waals surface area contributed by atoms with E-state index in [1.54, 1.807) is 12.1 Å². The Hall–Kier alpha value is -0.820. The fourth-order valence-corrected chi connectivity index (χ4v) is 5.02. The molecule has 1 saturated heterocycles. The van der Waals surface area contributed by atoms with Crippen LogP contribution >= 0.6 is 11.6 Å². The molecule has 1 atom stereocenters. The third kappa shape index (κ3) is 3.87. The summed E-state index contributed by atoms with van der Waals surface area (Å²) in [6.07, 6.45) is 4.24. The Morgan fingerprint density at radius 2 is 2.17 bits per heavy atom. The van der Waals surface area contributed by atoms with Crippen LogP contribution in [0.4, 0.5) is 0 Å². The second-order valence-corrected chi connectivity index (χ2v) is 9.62.